The maximum atomic E-state index is 11.4. The summed E-state index contributed by atoms with van der Waals surface area (Å²) in [4.78, 5) is 8.60. The summed E-state index contributed by atoms with van der Waals surface area (Å²) in [5, 5.41) is 9.83. The van der Waals surface area contributed by atoms with Gasteiger partial charge in [-0.25, -0.2) is 13.4 Å². The first-order chi connectivity index (χ1) is 16.8. The first-order valence-electron chi connectivity index (χ1n) is 10.7. The molecule has 10 heteroatoms. The van der Waals surface area contributed by atoms with Crippen molar-refractivity contribution in [3.63, 3.8) is 0 Å². The van der Waals surface area contributed by atoms with Crippen molar-refractivity contribution in [2.24, 2.45) is 0 Å². The van der Waals surface area contributed by atoms with Gasteiger partial charge in [-0.3, -0.25) is 9.71 Å². The van der Waals surface area contributed by atoms with Gasteiger partial charge in [0.25, 0.3) is 0 Å². The van der Waals surface area contributed by atoms with Gasteiger partial charge in [-0.15, -0.1) is 0 Å². The van der Waals surface area contributed by atoms with Crippen molar-refractivity contribution < 1.29 is 17.9 Å². The summed E-state index contributed by atoms with van der Waals surface area (Å²) in [5.41, 5.74) is 3.39. The predicted molar refractivity (Wildman–Crippen MR) is 133 cm³/mol. The maximum Gasteiger partial charge on any atom is 0.231 e. The van der Waals surface area contributed by atoms with E-state index >= 15 is 0 Å². The third kappa shape index (κ3) is 5.45. The summed E-state index contributed by atoms with van der Waals surface area (Å²) in [6.45, 7) is 0. The fourth-order valence-corrected chi connectivity index (χ4v) is 4.20. The Morgan fingerprint density at radius 3 is 2.46 bits per heavy atom. The third-order valence-corrected chi connectivity index (χ3v) is 6.06. The zero-order valence-corrected chi connectivity index (χ0v) is 20.1. The van der Waals surface area contributed by atoms with E-state index in [1.54, 1.807) is 18.2 Å². The lowest BCUT2D eigenvalue weighted by Crippen LogP contribution is -2.11. The quantitative estimate of drug-likeness (QED) is 0.350. The van der Waals surface area contributed by atoms with Crippen LogP contribution in [-0.2, 0) is 10.0 Å². The number of halogens is 1. The van der Waals surface area contributed by atoms with Crippen molar-refractivity contribution in [1.29, 1.82) is 5.26 Å². The first kappa shape index (κ1) is 22.9. The summed E-state index contributed by atoms with van der Waals surface area (Å²) in [6, 6.07) is 18.4. The number of aromatic nitrogens is 2. The number of nitriles is 1. The highest BCUT2D eigenvalue weighted by molar-refractivity contribution is 7.92. The average Bonchev–Trinajstić information content (AvgIpc) is 3.64. The van der Waals surface area contributed by atoms with E-state index in [9.17, 15) is 13.7 Å². The second-order valence-electron chi connectivity index (χ2n) is 8.17. The molecule has 1 saturated carbocycles. The van der Waals surface area contributed by atoms with E-state index < -0.39 is 10.0 Å². The van der Waals surface area contributed by atoms with Gasteiger partial charge in [0.15, 0.2) is 11.6 Å². The third-order valence-electron chi connectivity index (χ3n) is 5.20. The molecule has 0 aliphatic heterocycles. The van der Waals surface area contributed by atoms with Crippen LogP contribution in [0.5, 0.6) is 17.2 Å². The molecule has 0 spiro atoms. The molecular formula is C25H19ClN4O4S. The number of nitrogens with zero attached hydrogens (tertiary/aromatic N) is 3. The molecule has 3 aromatic carbocycles. The minimum Gasteiger partial charge on any atom is -0.487 e. The highest BCUT2D eigenvalue weighted by Gasteiger charge is 2.26. The van der Waals surface area contributed by atoms with Crippen LogP contribution in [0.15, 0.2) is 60.8 Å². The van der Waals surface area contributed by atoms with Gasteiger partial charge < -0.3 is 9.47 Å². The molecule has 1 aliphatic rings. The number of anilines is 1. The second-order valence-corrected chi connectivity index (χ2v) is 10.3. The molecular weight excluding hydrogens is 488 g/mol. The van der Waals surface area contributed by atoms with Crippen LogP contribution in [0.1, 0.15) is 18.4 Å². The number of ether oxygens (including phenoxy) is 2. The van der Waals surface area contributed by atoms with Gasteiger partial charge in [-0.2, -0.15) is 5.26 Å². The lowest BCUT2D eigenvalue weighted by molar-refractivity contribution is 0.302. The molecule has 1 aromatic heterocycles. The molecule has 176 valence electrons. The Morgan fingerprint density at radius 1 is 1.03 bits per heavy atom. The van der Waals surface area contributed by atoms with Crippen molar-refractivity contribution in [3.05, 3.63) is 71.4 Å². The van der Waals surface area contributed by atoms with Gasteiger partial charge in [0.2, 0.25) is 10.0 Å². The number of sulfonamides is 1. The standard InChI is InChI=1S/C25H19ClN4O4S/c1-35(31,32)30-24-14-28-23-11-16(4-9-22(23)29-24)15-2-5-18(6-3-15)33-20-10-17(13-27)25(21(26)12-20)34-19-7-8-19/h2-6,9-12,14,19H,7-8H2,1H3,(H,29,30). The number of benzene rings is 3. The van der Waals surface area contributed by atoms with E-state index in [2.05, 4.69) is 20.8 Å². The second kappa shape index (κ2) is 9.06. The molecule has 1 N–H and O–H groups in total. The summed E-state index contributed by atoms with van der Waals surface area (Å²) in [5.74, 6) is 1.60. The first-order valence-corrected chi connectivity index (χ1v) is 13.0. The molecule has 4 aromatic rings. The maximum absolute atomic E-state index is 11.4. The van der Waals surface area contributed by atoms with E-state index in [4.69, 9.17) is 21.1 Å². The molecule has 0 bridgehead atoms. The minimum atomic E-state index is -3.43. The van der Waals surface area contributed by atoms with Crippen LogP contribution in [-0.4, -0.2) is 30.7 Å². The van der Waals surface area contributed by atoms with E-state index in [0.29, 0.717) is 38.9 Å². The van der Waals surface area contributed by atoms with Gasteiger partial charge in [0.1, 0.15) is 17.6 Å². The fourth-order valence-electron chi connectivity index (χ4n) is 3.46. The van der Waals surface area contributed by atoms with E-state index in [-0.39, 0.29) is 11.9 Å². The fraction of sp³-hybridized carbons (Fsp3) is 0.160. The molecule has 0 radical (unpaired) electrons. The highest BCUT2D eigenvalue weighted by Crippen LogP contribution is 2.38. The lowest BCUT2D eigenvalue weighted by atomic mass is 10.0. The van der Waals surface area contributed by atoms with Crippen molar-refractivity contribution in [3.8, 4) is 34.4 Å². The van der Waals surface area contributed by atoms with Gasteiger partial charge >= 0.3 is 0 Å². The van der Waals surface area contributed by atoms with Gasteiger partial charge in [-0.1, -0.05) is 29.8 Å². The largest absolute Gasteiger partial charge is 0.487 e. The Morgan fingerprint density at radius 2 is 1.77 bits per heavy atom. The van der Waals surface area contributed by atoms with Crippen LogP contribution in [0, 0.1) is 11.3 Å². The average molecular weight is 507 g/mol. The van der Waals surface area contributed by atoms with Crippen molar-refractivity contribution in [1.82, 2.24) is 9.97 Å². The summed E-state index contributed by atoms with van der Waals surface area (Å²) < 4.78 is 36.8. The van der Waals surface area contributed by atoms with E-state index in [1.165, 1.54) is 6.20 Å². The van der Waals surface area contributed by atoms with Gasteiger partial charge in [-0.05, 0) is 48.2 Å². The molecule has 1 aliphatic carbocycles. The Kier molecular flexibility index (Phi) is 5.93. The van der Waals surface area contributed by atoms with Crippen LogP contribution in [0.4, 0.5) is 5.82 Å². The molecule has 1 heterocycles. The van der Waals surface area contributed by atoms with Crippen molar-refractivity contribution >= 4 is 38.5 Å². The minimum absolute atomic E-state index is 0.131. The van der Waals surface area contributed by atoms with Crippen LogP contribution in [0.3, 0.4) is 0 Å². The van der Waals surface area contributed by atoms with Crippen LogP contribution < -0.4 is 14.2 Å². The predicted octanol–water partition coefficient (Wildman–Crippen LogP) is 5.53. The summed E-state index contributed by atoms with van der Waals surface area (Å²) in [6.07, 6.45) is 4.51. The SMILES string of the molecule is CS(=O)(=O)Nc1cnc2cc(-c3ccc(Oc4cc(Cl)c(OC5CC5)c(C#N)c4)cc3)ccc2n1. The van der Waals surface area contributed by atoms with Crippen LogP contribution >= 0.6 is 11.6 Å². The number of hydrogen-bond acceptors (Lipinski definition) is 7. The molecule has 0 amide bonds. The molecule has 8 nitrogen and oxygen atoms in total. The summed E-state index contributed by atoms with van der Waals surface area (Å²) in [7, 11) is -3.43. The molecule has 35 heavy (non-hydrogen) atoms. The monoisotopic (exact) mass is 506 g/mol. The van der Waals surface area contributed by atoms with Crippen molar-refractivity contribution in [2.45, 2.75) is 18.9 Å². The zero-order valence-electron chi connectivity index (χ0n) is 18.5. The molecule has 5 rings (SSSR count). The Labute approximate surface area is 207 Å². The summed E-state index contributed by atoms with van der Waals surface area (Å²) >= 11 is 6.34. The number of nitrogens with one attached hydrogen (secondary N) is 1. The molecule has 0 unspecified atom stereocenters. The number of fused-ring (bicyclic) bond motifs is 1. The Hall–Kier alpha value is -3.87. The van der Waals surface area contributed by atoms with E-state index in [1.807, 2.05) is 36.4 Å². The molecule has 1 fully saturated rings. The lowest BCUT2D eigenvalue weighted by Gasteiger charge is -2.12. The number of rotatable bonds is 7. The van der Waals surface area contributed by atoms with Crippen LogP contribution in [0.2, 0.25) is 5.02 Å². The van der Waals surface area contributed by atoms with Crippen LogP contribution in [0.25, 0.3) is 22.2 Å². The topological polar surface area (TPSA) is 114 Å². The molecule has 0 atom stereocenters. The Balaban J connectivity index is 1.34. The number of hydrogen-bond donors (Lipinski definition) is 1. The molecule has 0 saturated heterocycles. The normalized spacial score (nSPS) is 13.3. The van der Waals surface area contributed by atoms with Gasteiger partial charge in [0.05, 0.1) is 40.2 Å². The van der Waals surface area contributed by atoms with E-state index in [0.717, 1.165) is 30.2 Å². The highest BCUT2D eigenvalue weighted by atomic mass is 35.5. The smallest absolute Gasteiger partial charge is 0.231 e. The van der Waals surface area contributed by atoms with Gasteiger partial charge in [0, 0.05) is 12.1 Å². The Bertz CT molecular complexity index is 1580. The zero-order chi connectivity index (χ0) is 24.6. The van der Waals surface area contributed by atoms with Crippen molar-refractivity contribution in [2.75, 3.05) is 11.0 Å².